The van der Waals surface area contributed by atoms with Crippen molar-refractivity contribution in [2.75, 3.05) is 39.9 Å². The smallest absolute Gasteiger partial charge is 0.193 e. The summed E-state index contributed by atoms with van der Waals surface area (Å²) in [6.07, 6.45) is 9.32. The van der Waals surface area contributed by atoms with Crippen molar-refractivity contribution in [2.45, 2.75) is 57.3 Å². The van der Waals surface area contributed by atoms with E-state index < -0.39 is 0 Å². The standard InChI is InChI=1S/C23H35N5O2.HI/c1-24-23(25-12-6-13-28-18-26-21-8-2-3-9-22(21)28)27-14-10-19(11-15-27)30-17-20-7-4-5-16-29-20;/h2-3,8-9,18-20H,4-7,10-17H2,1H3,(H,24,25);1H. The summed E-state index contributed by atoms with van der Waals surface area (Å²) in [6, 6.07) is 8.28. The number of imidazole rings is 1. The van der Waals surface area contributed by atoms with Gasteiger partial charge in [-0.2, -0.15) is 0 Å². The first-order valence-corrected chi connectivity index (χ1v) is 11.4. The number of likely N-dealkylation sites (tertiary alicyclic amines) is 1. The summed E-state index contributed by atoms with van der Waals surface area (Å²) in [7, 11) is 1.87. The first-order chi connectivity index (χ1) is 14.8. The van der Waals surface area contributed by atoms with Gasteiger partial charge in [-0.3, -0.25) is 4.99 Å². The van der Waals surface area contributed by atoms with E-state index in [1.165, 1.54) is 18.4 Å². The number of para-hydroxylation sites is 2. The zero-order valence-electron chi connectivity index (χ0n) is 18.5. The van der Waals surface area contributed by atoms with E-state index in [0.717, 1.165) is 76.6 Å². The van der Waals surface area contributed by atoms with E-state index >= 15 is 0 Å². The topological polar surface area (TPSA) is 63.9 Å². The Labute approximate surface area is 202 Å². The molecule has 1 atom stereocenters. The number of fused-ring (bicyclic) bond motifs is 1. The Morgan fingerprint density at radius 2 is 2.06 bits per heavy atom. The lowest BCUT2D eigenvalue weighted by molar-refractivity contribution is -0.0721. The number of hydrogen-bond donors (Lipinski definition) is 1. The van der Waals surface area contributed by atoms with E-state index in [4.69, 9.17) is 9.47 Å². The summed E-state index contributed by atoms with van der Waals surface area (Å²) in [6.45, 7) is 5.47. The molecule has 1 aromatic carbocycles. The molecular formula is C23H36IN5O2. The third-order valence-electron chi connectivity index (χ3n) is 6.13. The zero-order chi connectivity index (χ0) is 20.6. The molecule has 0 amide bonds. The highest BCUT2D eigenvalue weighted by Crippen LogP contribution is 2.18. The number of rotatable bonds is 7. The molecule has 4 rings (SSSR count). The van der Waals surface area contributed by atoms with E-state index in [0.29, 0.717) is 12.2 Å². The van der Waals surface area contributed by atoms with Crippen LogP contribution < -0.4 is 5.32 Å². The van der Waals surface area contributed by atoms with Gasteiger partial charge in [0.15, 0.2) is 5.96 Å². The largest absolute Gasteiger partial charge is 0.376 e. The number of nitrogens with zero attached hydrogens (tertiary/aromatic N) is 4. The molecule has 2 aromatic rings. The number of benzene rings is 1. The van der Waals surface area contributed by atoms with Crippen LogP contribution in [0.4, 0.5) is 0 Å². The minimum atomic E-state index is 0. The Balaban J connectivity index is 0.00000272. The van der Waals surface area contributed by atoms with Gasteiger partial charge in [-0.05, 0) is 50.7 Å². The lowest BCUT2D eigenvalue weighted by Crippen LogP contribution is -2.47. The van der Waals surface area contributed by atoms with Crippen molar-refractivity contribution in [3.05, 3.63) is 30.6 Å². The maximum atomic E-state index is 6.14. The highest BCUT2D eigenvalue weighted by Gasteiger charge is 2.23. The predicted molar refractivity (Wildman–Crippen MR) is 135 cm³/mol. The number of piperidine rings is 1. The number of guanidine groups is 1. The number of nitrogens with one attached hydrogen (secondary N) is 1. The van der Waals surface area contributed by atoms with Gasteiger partial charge in [0.25, 0.3) is 0 Å². The lowest BCUT2D eigenvalue weighted by Gasteiger charge is -2.35. The highest BCUT2D eigenvalue weighted by atomic mass is 127. The second-order valence-corrected chi connectivity index (χ2v) is 8.26. The number of ether oxygens (including phenoxy) is 2. The summed E-state index contributed by atoms with van der Waals surface area (Å²) in [5, 5.41) is 3.53. The Morgan fingerprint density at radius 1 is 1.23 bits per heavy atom. The molecule has 2 aliphatic heterocycles. The molecule has 0 saturated carbocycles. The van der Waals surface area contributed by atoms with E-state index in [-0.39, 0.29) is 24.0 Å². The van der Waals surface area contributed by atoms with Crippen molar-refractivity contribution in [3.63, 3.8) is 0 Å². The highest BCUT2D eigenvalue weighted by molar-refractivity contribution is 14.0. The molecule has 7 nitrogen and oxygen atoms in total. The fourth-order valence-corrected chi connectivity index (χ4v) is 4.39. The van der Waals surface area contributed by atoms with Crippen molar-refractivity contribution >= 4 is 41.0 Å². The fraction of sp³-hybridized carbons (Fsp3) is 0.652. The van der Waals surface area contributed by atoms with Crippen LogP contribution in [-0.2, 0) is 16.0 Å². The van der Waals surface area contributed by atoms with Gasteiger partial charge < -0.3 is 24.3 Å². The van der Waals surface area contributed by atoms with Crippen LogP contribution in [-0.4, -0.2) is 72.5 Å². The molecule has 0 radical (unpaired) electrons. The Hall–Kier alpha value is -1.39. The van der Waals surface area contributed by atoms with Gasteiger partial charge in [-0.15, -0.1) is 24.0 Å². The number of aryl methyl sites for hydroxylation is 1. The summed E-state index contributed by atoms with van der Waals surface area (Å²) < 4.78 is 14.1. The first-order valence-electron chi connectivity index (χ1n) is 11.4. The van der Waals surface area contributed by atoms with E-state index in [2.05, 4.69) is 43.0 Å². The summed E-state index contributed by atoms with van der Waals surface area (Å²) in [4.78, 5) is 11.3. The third-order valence-corrected chi connectivity index (χ3v) is 6.13. The van der Waals surface area contributed by atoms with Crippen LogP contribution in [0.25, 0.3) is 11.0 Å². The van der Waals surface area contributed by atoms with Crippen LogP contribution in [0.1, 0.15) is 38.5 Å². The van der Waals surface area contributed by atoms with Gasteiger partial charge in [0.1, 0.15) is 0 Å². The molecule has 1 aromatic heterocycles. The van der Waals surface area contributed by atoms with Crippen LogP contribution >= 0.6 is 24.0 Å². The van der Waals surface area contributed by atoms with Gasteiger partial charge in [-0.1, -0.05) is 12.1 Å². The van der Waals surface area contributed by atoms with Gasteiger partial charge in [0.2, 0.25) is 0 Å². The average Bonchev–Trinajstić information content (AvgIpc) is 3.22. The molecule has 0 bridgehead atoms. The SMILES string of the molecule is CN=C(NCCCn1cnc2ccccc21)N1CCC(OCC2CCCCO2)CC1.I. The molecule has 1 N–H and O–H groups in total. The van der Waals surface area contributed by atoms with Crippen molar-refractivity contribution in [1.29, 1.82) is 0 Å². The summed E-state index contributed by atoms with van der Waals surface area (Å²) in [5.41, 5.74) is 2.25. The van der Waals surface area contributed by atoms with Crippen LogP contribution in [0.15, 0.2) is 35.6 Å². The monoisotopic (exact) mass is 541 g/mol. The second kappa shape index (κ2) is 12.6. The number of aliphatic imine (C=N–C) groups is 1. The summed E-state index contributed by atoms with van der Waals surface area (Å²) in [5.74, 6) is 1.000. The lowest BCUT2D eigenvalue weighted by atomic mass is 10.1. The first kappa shape index (κ1) is 24.3. The van der Waals surface area contributed by atoms with Crippen molar-refractivity contribution < 1.29 is 9.47 Å². The maximum Gasteiger partial charge on any atom is 0.193 e. The molecule has 2 fully saturated rings. The fourth-order valence-electron chi connectivity index (χ4n) is 4.39. The Morgan fingerprint density at radius 3 is 2.84 bits per heavy atom. The van der Waals surface area contributed by atoms with Gasteiger partial charge in [0, 0.05) is 39.8 Å². The molecule has 1 unspecified atom stereocenters. The van der Waals surface area contributed by atoms with Crippen LogP contribution in [0.2, 0.25) is 0 Å². The van der Waals surface area contributed by atoms with E-state index in [9.17, 15) is 0 Å². The molecule has 2 aliphatic rings. The quantitative estimate of drug-likeness (QED) is 0.251. The number of aromatic nitrogens is 2. The van der Waals surface area contributed by atoms with Gasteiger partial charge >= 0.3 is 0 Å². The van der Waals surface area contributed by atoms with Gasteiger partial charge in [0.05, 0.1) is 36.2 Å². The van der Waals surface area contributed by atoms with E-state index in [1.807, 2.05) is 19.4 Å². The minimum absolute atomic E-state index is 0. The van der Waals surface area contributed by atoms with Crippen LogP contribution in [0, 0.1) is 0 Å². The molecule has 172 valence electrons. The van der Waals surface area contributed by atoms with Crippen LogP contribution in [0.3, 0.4) is 0 Å². The number of hydrogen-bond acceptors (Lipinski definition) is 4. The van der Waals surface area contributed by atoms with Gasteiger partial charge in [-0.25, -0.2) is 4.98 Å². The van der Waals surface area contributed by atoms with Crippen LogP contribution in [0.5, 0.6) is 0 Å². The third kappa shape index (κ3) is 6.79. The molecule has 2 saturated heterocycles. The Bertz CT molecular complexity index is 813. The summed E-state index contributed by atoms with van der Waals surface area (Å²) >= 11 is 0. The molecule has 0 aliphatic carbocycles. The molecular weight excluding hydrogens is 505 g/mol. The van der Waals surface area contributed by atoms with Crippen molar-refractivity contribution in [2.24, 2.45) is 4.99 Å². The maximum absolute atomic E-state index is 6.14. The molecule has 3 heterocycles. The minimum Gasteiger partial charge on any atom is -0.376 e. The van der Waals surface area contributed by atoms with E-state index in [1.54, 1.807) is 0 Å². The average molecular weight is 541 g/mol. The molecule has 8 heteroatoms. The molecule has 0 spiro atoms. The Kier molecular flexibility index (Phi) is 9.86. The van der Waals surface area contributed by atoms with Crippen molar-refractivity contribution in [1.82, 2.24) is 19.8 Å². The number of halogens is 1. The second-order valence-electron chi connectivity index (χ2n) is 8.26. The zero-order valence-corrected chi connectivity index (χ0v) is 20.9. The molecule has 31 heavy (non-hydrogen) atoms. The predicted octanol–water partition coefficient (Wildman–Crippen LogP) is 3.67. The van der Waals surface area contributed by atoms with Crippen molar-refractivity contribution in [3.8, 4) is 0 Å². The normalized spacial score (nSPS) is 20.6.